The Bertz CT molecular complexity index is 233. The highest BCUT2D eigenvalue weighted by Crippen LogP contribution is 1.95. The molecule has 3 nitrogen and oxygen atoms in total. The Morgan fingerprint density at radius 1 is 1.73 bits per heavy atom. The van der Waals surface area contributed by atoms with Gasteiger partial charge >= 0.3 is 5.97 Å². The van der Waals surface area contributed by atoms with E-state index in [9.17, 15) is 4.79 Å². The Kier molecular flexibility index (Phi) is 4.50. The number of carboxylic acids is 1. The van der Waals surface area contributed by atoms with Gasteiger partial charge in [0.15, 0.2) is 0 Å². The van der Waals surface area contributed by atoms with Crippen LogP contribution in [0, 0.1) is 11.3 Å². The largest absolute Gasteiger partial charge is 0.477 e. The number of carboxylic acid groups (broad SMARTS) is 1. The van der Waals surface area contributed by atoms with Gasteiger partial charge in [-0.3, -0.25) is 0 Å². The summed E-state index contributed by atoms with van der Waals surface area (Å²) in [6.45, 7) is 1.83. The van der Waals surface area contributed by atoms with Gasteiger partial charge in [0.25, 0.3) is 0 Å². The number of aliphatic carboxylic acids is 1. The normalized spacial score (nSPS) is 11.5. The first kappa shape index (κ1) is 9.44. The maximum absolute atomic E-state index is 10.2. The minimum absolute atomic E-state index is 0.205. The number of rotatable bonds is 3. The van der Waals surface area contributed by atoms with Crippen LogP contribution in [0.4, 0.5) is 0 Å². The first-order valence-corrected chi connectivity index (χ1v) is 3.17. The standard InChI is InChI=1S/C8H9NO2/c1-2-3-4-5-7(6-9)8(10)11/h2-3,5H,4H2,1H3,(H,10,11). The molecule has 0 heterocycles. The van der Waals surface area contributed by atoms with Gasteiger partial charge in [0.05, 0.1) is 0 Å². The average molecular weight is 151 g/mol. The van der Waals surface area contributed by atoms with Crippen LogP contribution in [0.2, 0.25) is 0 Å². The fourth-order valence-corrected chi connectivity index (χ4v) is 0.503. The van der Waals surface area contributed by atoms with Gasteiger partial charge in [-0.1, -0.05) is 18.2 Å². The van der Waals surface area contributed by atoms with Crippen molar-refractivity contribution in [3.63, 3.8) is 0 Å². The monoisotopic (exact) mass is 151 g/mol. The van der Waals surface area contributed by atoms with Crippen LogP contribution in [0.25, 0.3) is 0 Å². The molecule has 0 spiro atoms. The molecule has 0 saturated carbocycles. The number of nitrogens with zero attached hydrogens (tertiary/aromatic N) is 1. The van der Waals surface area contributed by atoms with Crippen molar-refractivity contribution in [2.75, 3.05) is 0 Å². The molecule has 0 aliphatic heterocycles. The van der Waals surface area contributed by atoms with Crippen LogP contribution in [0.5, 0.6) is 0 Å². The number of carbonyl (C=O) groups is 1. The Morgan fingerprint density at radius 3 is 2.73 bits per heavy atom. The van der Waals surface area contributed by atoms with Crippen molar-refractivity contribution in [2.24, 2.45) is 0 Å². The molecule has 0 fully saturated rings. The molecular weight excluding hydrogens is 142 g/mol. The number of allylic oxidation sites excluding steroid dienone is 3. The van der Waals surface area contributed by atoms with Gasteiger partial charge in [0, 0.05) is 0 Å². The van der Waals surface area contributed by atoms with Crippen molar-refractivity contribution >= 4 is 5.97 Å². The van der Waals surface area contributed by atoms with Gasteiger partial charge in [-0.05, 0) is 13.3 Å². The molecule has 0 aliphatic carbocycles. The summed E-state index contributed by atoms with van der Waals surface area (Å²) in [6, 6.07) is 1.59. The smallest absolute Gasteiger partial charge is 0.346 e. The third-order valence-electron chi connectivity index (χ3n) is 1.04. The quantitative estimate of drug-likeness (QED) is 0.377. The molecule has 1 N–H and O–H groups in total. The van der Waals surface area contributed by atoms with E-state index < -0.39 is 5.97 Å². The van der Waals surface area contributed by atoms with Crippen LogP contribution in [0.1, 0.15) is 13.3 Å². The summed E-state index contributed by atoms with van der Waals surface area (Å²) in [6.07, 6.45) is 5.45. The summed E-state index contributed by atoms with van der Waals surface area (Å²) in [5, 5.41) is 16.6. The minimum Gasteiger partial charge on any atom is -0.477 e. The zero-order valence-corrected chi connectivity index (χ0v) is 6.24. The lowest BCUT2D eigenvalue weighted by atomic mass is 10.2. The number of nitriles is 1. The van der Waals surface area contributed by atoms with Crippen LogP contribution in [-0.2, 0) is 4.79 Å². The summed E-state index contributed by atoms with van der Waals surface area (Å²) < 4.78 is 0. The minimum atomic E-state index is -1.17. The van der Waals surface area contributed by atoms with Crippen LogP contribution in [0.15, 0.2) is 23.8 Å². The predicted molar refractivity (Wildman–Crippen MR) is 40.8 cm³/mol. The van der Waals surface area contributed by atoms with Gasteiger partial charge in [0.1, 0.15) is 11.6 Å². The molecule has 0 saturated heterocycles. The molecule has 0 radical (unpaired) electrons. The van der Waals surface area contributed by atoms with Crippen molar-refractivity contribution in [1.82, 2.24) is 0 Å². The van der Waals surface area contributed by atoms with E-state index in [1.54, 1.807) is 18.2 Å². The van der Waals surface area contributed by atoms with Crippen LogP contribution in [-0.4, -0.2) is 11.1 Å². The number of hydrogen-bond donors (Lipinski definition) is 1. The van der Waals surface area contributed by atoms with Crippen molar-refractivity contribution in [2.45, 2.75) is 13.3 Å². The topological polar surface area (TPSA) is 61.1 Å². The molecule has 0 unspecified atom stereocenters. The van der Waals surface area contributed by atoms with Gasteiger partial charge in [-0.15, -0.1) is 0 Å². The Labute approximate surface area is 65.3 Å². The van der Waals surface area contributed by atoms with Crippen molar-refractivity contribution in [3.05, 3.63) is 23.8 Å². The third kappa shape index (κ3) is 3.93. The molecule has 0 aromatic carbocycles. The summed E-state index contributed by atoms with van der Waals surface area (Å²) in [4.78, 5) is 10.2. The van der Waals surface area contributed by atoms with Gasteiger partial charge in [-0.25, -0.2) is 4.79 Å². The SMILES string of the molecule is CC=CCC=C(C#N)C(=O)O. The Morgan fingerprint density at radius 2 is 2.36 bits per heavy atom. The fraction of sp³-hybridized carbons (Fsp3) is 0.250. The van der Waals surface area contributed by atoms with Gasteiger partial charge in [0.2, 0.25) is 0 Å². The zero-order valence-electron chi connectivity index (χ0n) is 6.24. The molecule has 3 heteroatoms. The molecule has 0 aromatic heterocycles. The van der Waals surface area contributed by atoms with E-state index in [0.29, 0.717) is 6.42 Å². The lowest BCUT2D eigenvalue weighted by Crippen LogP contribution is -1.96. The van der Waals surface area contributed by atoms with E-state index in [1.165, 1.54) is 6.08 Å². The van der Waals surface area contributed by atoms with Gasteiger partial charge in [-0.2, -0.15) is 5.26 Å². The molecule has 0 atom stereocenters. The average Bonchev–Trinajstić information content (AvgIpc) is 1.97. The molecule has 0 bridgehead atoms. The molecule has 0 aliphatic rings. The predicted octanol–water partition coefficient (Wildman–Crippen LogP) is 1.49. The lowest BCUT2D eigenvalue weighted by Gasteiger charge is -1.85. The van der Waals surface area contributed by atoms with E-state index in [-0.39, 0.29) is 5.57 Å². The highest BCUT2D eigenvalue weighted by molar-refractivity contribution is 5.90. The molecule has 11 heavy (non-hydrogen) atoms. The maximum atomic E-state index is 10.2. The maximum Gasteiger partial charge on any atom is 0.346 e. The van der Waals surface area contributed by atoms with E-state index in [1.807, 2.05) is 6.92 Å². The molecule has 0 amide bonds. The van der Waals surface area contributed by atoms with E-state index in [0.717, 1.165) is 0 Å². The highest BCUT2D eigenvalue weighted by atomic mass is 16.4. The van der Waals surface area contributed by atoms with Crippen LogP contribution >= 0.6 is 0 Å². The second-order valence-electron chi connectivity index (χ2n) is 1.84. The third-order valence-corrected chi connectivity index (χ3v) is 1.04. The van der Waals surface area contributed by atoms with Gasteiger partial charge < -0.3 is 5.11 Å². The summed E-state index contributed by atoms with van der Waals surface area (Å²) in [5.74, 6) is -1.17. The lowest BCUT2D eigenvalue weighted by molar-refractivity contribution is -0.132. The van der Waals surface area contributed by atoms with Crippen LogP contribution in [0.3, 0.4) is 0 Å². The molecule has 0 rings (SSSR count). The van der Waals surface area contributed by atoms with Crippen LogP contribution < -0.4 is 0 Å². The summed E-state index contributed by atoms with van der Waals surface area (Å²) >= 11 is 0. The molecular formula is C8H9NO2. The molecule has 58 valence electrons. The zero-order chi connectivity index (χ0) is 8.69. The summed E-state index contributed by atoms with van der Waals surface area (Å²) in [7, 11) is 0. The van der Waals surface area contributed by atoms with E-state index >= 15 is 0 Å². The summed E-state index contributed by atoms with van der Waals surface area (Å²) in [5.41, 5.74) is -0.205. The van der Waals surface area contributed by atoms with Crippen molar-refractivity contribution in [1.29, 1.82) is 5.26 Å². The van der Waals surface area contributed by atoms with E-state index in [4.69, 9.17) is 10.4 Å². The Balaban J connectivity index is 4.16. The van der Waals surface area contributed by atoms with Crippen molar-refractivity contribution in [3.8, 4) is 6.07 Å². The molecule has 0 aromatic rings. The van der Waals surface area contributed by atoms with Crippen molar-refractivity contribution < 1.29 is 9.90 Å². The van der Waals surface area contributed by atoms with E-state index in [2.05, 4.69) is 0 Å². The first-order valence-electron chi connectivity index (χ1n) is 3.17. The number of hydrogen-bond acceptors (Lipinski definition) is 2. The highest BCUT2D eigenvalue weighted by Gasteiger charge is 2.02. The second-order valence-corrected chi connectivity index (χ2v) is 1.84. The fourth-order valence-electron chi connectivity index (χ4n) is 0.503. The first-order chi connectivity index (χ1) is 5.22. The second kappa shape index (κ2) is 5.24. The Hall–Kier alpha value is -1.56.